The standard InChI is InChI=1S/C44H64N2O5S/c1-28(2)32-14-22-44(46-39(49)45-25-17-29-18-26-52(50,51)27-19-29)24-23-42(6)34(37(32)44)12-13-36-41(5)20-15-33(30-8-10-31(11-9-30)38(47)48)40(3,4)35(41)16-21-43(36,42)7/h8-11,15,29,32,34-37H,1,12-14,16-27H2,2-7H3,(H,47,48)(H2,45,46,49)/t32-,34+,35-,36+,37+,41-,42+,43+,44-/m0/s1. The van der Waals surface area contributed by atoms with E-state index < -0.39 is 15.8 Å². The molecule has 2 amide bonds. The number of sulfone groups is 1. The summed E-state index contributed by atoms with van der Waals surface area (Å²) in [7, 11) is -2.88. The zero-order valence-corrected chi connectivity index (χ0v) is 33.5. The zero-order valence-electron chi connectivity index (χ0n) is 32.7. The highest BCUT2D eigenvalue weighted by atomic mass is 32.2. The molecule has 7 rings (SSSR count). The predicted molar refractivity (Wildman–Crippen MR) is 209 cm³/mol. The lowest BCUT2D eigenvalue weighted by atomic mass is 9.33. The molecule has 7 nitrogen and oxygen atoms in total. The van der Waals surface area contributed by atoms with E-state index in [4.69, 9.17) is 0 Å². The number of urea groups is 1. The van der Waals surface area contributed by atoms with Gasteiger partial charge in [-0.25, -0.2) is 18.0 Å². The number of carbonyl (C=O) groups is 2. The van der Waals surface area contributed by atoms with Gasteiger partial charge < -0.3 is 15.7 Å². The van der Waals surface area contributed by atoms with E-state index in [1.54, 1.807) is 12.1 Å². The highest BCUT2D eigenvalue weighted by Gasteiger charge is 2.70. The topological polar surface area (TPSA) is 113 Å². The Morgan fingerprint density at radius 3 is 2.21 bits per heavy atom. The van der Waals surface area contributed by atoms with Gasteiger partial charge in [-0.1, -0.05) is 65.0 Å². The monoisotopic (exact) mass is 732 g/mol. The van der Waals surface area contributed by atoms with Gasteiger partial charge in [0.15, 0.2) is 0 Å². The minimum absolute atomic E-state index is 0.0268. The van der Waals surface area contributed by atoms with Crippen LogP contribution in [-0.2, 0) is 9.84 Å². The molecular formula is C44H64N2O5S. The third-order valence-electron chi connectivity index (χ3n) is 17.0. The van der Waals surface area contributed by atoms with Crippen molar-refractivity contribution in [2.24, 2.45) is 57.2 Å². The molecule has 5 fully saturated rings. The first-order valence-corrected chi connectivity index (χ1v) is 22.2. The normalized spacial score (nSPS) is 40.6. The first-order chi connectivity index (χ1) is 24.4. The number of nitrogens with one attached hydrogen (secondary N) is 2. The summed E-state index contributed by atoms with van der Waals surface area (Å²) >= 11 is 0. The lowest BCUT2D eigenvalue weighted by Gasteiger charge is -2.72. The Balaban J connectivity index is 1.11. The highest BCUT2D eigenvalue weighted by Crippen LogP contribution is 2.76. The molecule has 4 saturated carbocycles. The minimum atomic E-state index is -2.88. The fraction of sp³-hybridized carbons (Fsp3) is 0.727. The van der Waals surface area contributed by atoms with Gasteiger partial charge >= 0.3 is 12.0 Å². The van der Waals surface area contributed by atoms with Gasteiger partial charge in [0.2, 0.25) is 0 Å². The van der Waals surface area contributed by atoms with Crippen LogP contribution in [0.3, 0.4) is 0 Å². The molecule has 0 bridgehead atoms. The van der Waals surface area contributed by atoms with E-state index in [2.05, 4.69) is 64.8 Å². The fourth-order valence-corrected chi connectivity index (χ4v) is 15.7. The SMILES string of the molecule is C=C(C)[C@@H]1CC[C@]2(NC(=O)NCCC3CCS(=O)(=O)CC3)CC[C@]3(C)[C@H](CC[C@@H]4[C@@]5(C)CC=C(c6ccc(C(=O)O)cc6)C(C)(C)[C@@H]5CC[C@]43C)[C@@H]12. The zero-order chi connectivity index (χ0) is 37.5. The van der Waals surface area contributed by atoms with Crippen molar-refractivity contribution in [3.63, 3.8) is 0 Å². The van der Waals surface area contributed by atoms with Gasteiger partial charge in [-0.2, -0.15) is 0 Å². The highest BCUT2D eigenvalue weighted by molar-refractivity contribution is 7.91. The van der Waals surface area contributed by atoms with Gasteiger partial charge in [-0.15, -0.1) is 0 Å². The molecule has 0 spiro atoms. The second-order valence-electron chi connectivity index (χ2n) is 19.5. The number of allylic oxidation sites excluding steroid dienone is 3. The van der Waals surface area contributed by atoms with Crippen LogP contribution >= 0.6 is 0 Å². The average Bonchev–Trinajstić information content (AvgIpc) is 3.45. The van der Waals surface area contributed by atoms with E-state index in [1.165, 1.54) is 36.8 Å². The number of carboxylic acid groups (broad SMARTS) is 1. The summed E-state index contributed by atoms with van der Waals surface area (Å²) in [5.74, 6) is 2.48. The molecule has 52 heavy (non-hydrogen) atoms. The predicted octanol–water partition coefficient (Wildman–Crippen LogP) is 9.30. The molecule has 0 aromatic heterocycles. The molecule has 6 aliphatic rings. The molecule has 1 saturated heterocycles. The maximum atomic E-state index is 13.7. The second-order valence-corrected chi connectivity index (χ2v) is 21.8. The summed E-state index contributed by atoms with van der Waals surface area (Å²) < 4.78 is 23.8. The van der Waals surface area contributed by atoms with Crippen molar-refractivity contribution in [2.75, 3.05) is 18.1 Å². The number of fused-ring (bicyclic) bond motifs is 7. The Kier molecular flexibility index (Phi) is 9.43. The smallest absolute Gasteiger partial charge is 0.335 e. The van der Waals surface area contributed by atoms with E-state index in [9.17, 15) is 23.1 Å². The molecule has 9 atom stereocenters. The van der Waals surface area contributed by atoms with Crippen LogP contribution in [0, 0.1) is 57.2 Å². The molecule has 1 aromatic carbocycles. The van der Waals surface area contributed by atoms with E-state index in [0.29, 0.717) is 60.5 Å². The van der Waals surface area contributed by atoms with E-state index >= 15 is 0 Å². The van der Waals surface area contributed by atoms with Crippen LogP contribution in [-0.4, -0.2) is 49.1 Å². The van der Waals surface area contributed by atoms with E-state index in [-0.39, 0.29) is 44.7 Å². The molecule has 8 heteroatoms. The van der Waals surface area contributed by atoms with Crippen LogP contribution in [0.2, 0.25) is 0 Å². The average molecular weight is 733 g/mol. The third kappa shape index (κ3) is 5.91. The van der Waals surface area contributed by atoms with E-state index in [1.807, 2.05) is 12.1 Å². The Bertz CT molecular complexity index is 1740. The molecule has 1 aromatic rings. The van der Waals surface area contributed by atoms with Crippen LogP contribution in [0.1, 0.15) is 135 Å². The van der Waals surface area contributed by atoms with Crippen molar-refractivity contribution in [3.8, 4) is 0 Å². The maximum absolute atomic E-state index is 13.7. The lowest BCUT2D eigenvalue weighted by Crippen LogP contribution is -2.68. The van der Waals surface area contributed by atoms with Gasteiger partial charge in [0.05, 0.1) is 17.1 Å². The van der Waals surface area contributed by atoms with Crippen molar-refractivity contribution in [1.29, 1.82) is 0 Å². The van der Waals surface area contributed by atoms with Crippen molar-refractivity contribution in [1.82, 2.24) is 10.6 Å². The number of aromatic carboxylic acids is 1. The Morgan fingerprint density at radius 1 is 0.865 bits per heavy atom. The van der Waals surface area contributed by atoms with Crippen LogP contribution < -0.4 is 10.6 Å². The van der Waals surface area contributed by atoms with E-state index in [0.717, 1.165) is 44.1 Å². The van der Waals surface area contributed by atoms with Crippen molar-refractivity contribution in [2.45, 2.75) is 124 Å². The quantitative estimate of drug-likeness (QED) is 0.242. The molecule has 1 aliphatic heterocycles. The Morgan fingerprint density at radius 2 is 1.56 bits per heavy atom. The fourth-order valence-electron chi connectivity index (χ4n) is 14.1. The van der Waals surface area contributed by atoms with Crippen LogP contribution in [0.5, 0.6) is 0 Å². The number of amides is 2. The van der Waals surface area contributed by atoms with Crippen LogP contribution in [0.15, 0.2) is 42.5 Å². The minimum Gasteiger partial charge on any atom is -0.478 e. The molecule has 1 heterocycles. The number of benzene rings is 1. The van der Waals surface area contributed by atoms with Crippen molar-refractivity contribution >= 4 is 27.4 Å². The third-order valence-corrected chi connectivity index (χ3v) is 18.7. The molecule has 286 valence electrons. The van der Waals surface area contributed by atoms with Crippen molar-refractivity contribution in [3.05, 3.63) is 53.6 Å². The maximum Gasteiger partial charge on any atom is 0.335 e. The summed E-state index contributed by atoms with van der Waals surface area (Å²) in [6, 6.07) is 7.45. The summed E-state index contributed by atoms with van der Waals surface area (Å²) in [6.45, 7) is 20.1. The summed E-state index contributed by atoms with van der Waals surface area (Å²) in [4.78, 5) is 25.2. The van der Waals surface area contributed by atoms with Gasteiger partial charge in [-0.3, -0.25) is 0 Å². The van der Waals surface area contributed by atoms with Gasteiger partial charge in [0.25, 0.3) is 0 Å². The second kappa shape index (κ2) is 13.0. The number of rotatable bonds is 7. The molecular weight excluding hydrogens is 669 g/mol. The van der Waals surface area contributed by atoms with Crippen LogP contribution in [0.4, 0.5) is 4.79 Å². The summed E-state index contributed by atoms with van der Waals surface area (Å²) in [5, 5.41) is 16.3. The van der Waals surface area contributed by atoms with Crippen molar-refractivity contribution < 1.29 is 23.1 Å². The lowest BCUT2D eigenvalue weighted by molar-refractivity contribution is -0.218. The Labute approximate surface area is 313 Å². The van der Waals surface area contributed by atoms with Gasteiger partial charge in [-0.05, 0) is 164 Å². The summed E-state index contributed by atoms with van der Waals surface area (Å²) in [6.07, 6.45) is 14.8. The molecule has 5 aliphatic carbocycles. The molecule has 0 radical (unpaired) electrons. The number of hydrogen-bond donors (Lipinski definition) is 3. The summed E-state index contributed by atoms with van der Waals surface area (Å²) in [5.41, 5.74) is 4.39. The first kappa shape index (κ1) is 37.7. The Hall–Kier alpha value is -2.61. The van der Waals surface area contributed by atoms with Crippen LogP contribution in [0.25, 0.3) is 5.57 Å². The number of hydrogen-bond acceptors (Lipinski definition) is 4. The number of carboxylic acids is 1. The van der Waals surface area contributed by atoms with Gasteiger partial charge in [0, 0.05) is 12.1 Å². The largest absolute Gasteiger partial charge is 0.478 e. The molecule has 3 N–H and O–H groups in total. The van der Waals surface area contributed by atoms with Gasteiger partial charge in [0.1, 0.15) is 9.84 Å². The first-order valence-electron chi connectivity index (χ1n) is 20.3. The molecule has 0 unspecified atom stereocenters. The number of carbonyl (C=O) groups excluding carboxylic acids is 1.